The van der Waals surface area contributed by atoms with Crippen LogP contribution in [0, 0.1) is 10.1 Å². The second-order valence-electron chi connectivity index (χ2n) is 6.19. The fourth-order valence-electron chi connectivity index (χ4n) is 3.03. The van der Waals surface area contributed by atoms with Gasteiger partial charge in [0.05, 0.1) is 17.4 Å². The summed E-state index contributed by atoms with van der Waals surface area (Å²) in [5, 5.41) is 17.7. The van der Waals surface area contributed by atoms with Crippen LogP contribution in [0.25, 0.3) is 0 Å². The molecule has 2 heterocycles. The minimum Gasteiger partial charge on any atom is -0.489 e. The van der Waals surface area contributed by atoms with Crippen molar-refractivity contribution < 1.29 is 14.5 Å². The number of non-ortho nitro benzene ring substituents is 1. The molecule has 0 saturated carbocycles. The number of nitro groups is 1. The molecule has 142 valence electrons. The van der Waals surface area contributed by atoms with Crippen molar-refractivity contribution in [3.63, 3.8) is 0 Å². The van der Waals surface area contributed by atoms with E-state index < -0.39 is 4.92 Å². The number of anilines is 1. The normalized spacial score (nSPS) is 15.6. The number of benzene rings is 2. The molecule has 1 aliphatic heterocycles. The molecule has 1 aliphatic rings. The van der Waals surface area contributed by atoms with Crippen molar-refractivity contribution in [1.29, 1.82) is 0 Å². The van der Waals surface area contributed by atoms with Crippen LogP contribution in [0.1, 0.15) is 23.6 Å². The summed E-state index contributed by atoms with van der Waals surface area (Å²) in [6.07, 6.45) is 1.60. The number of nitro benzene ring substituents is 1. The second kappa shape index (κ2) is 7.39. The average molecular weight is 444 g/mol. The van der Waals surface area contributed by atoms with Gasteiger partial charge in [-0.2, -0.15) is 10.1 Å². The molecule has 4 rings (SSSR count). The third-order valence-corrected chi connectivity index (χ3v) is 4.86. The summed E-state index contributed by atoms with van der Waals surface area (Å²) in [6.45, 7) is 0.232. The molecule has 28 heavy (non-hydrogen) atoms. The number of carbonyl (C=O) groups excluding carboxylic acids is 1. The Morgan fingerprint density at radius 1 is 1.29 bits per heavy atom. The van der Waals surface area contributed by atoms with Gasteiger partial charge in [0.15, 0.2) is 0 Å². The molecular weight excluding hydrogens is 430 g/mol. The summed E-state index contributed by atoms with van der Waals surface area (Å²) in [5.74, 6) is 0.844. The average Bonchev–Trinajstić information content (AvgIpc) is 3.15. The molecular formula is C18H14BrN5O4. The van der Waals surface area contributed by atoms with Crippen molar-refractivity contribution in [1.82, 2.24) is 14.8 Å². The number of ether oxygens (including phenoxy) is 1. The molecule has 10 heteroatoms. The standard InChI is InChI=1S/C18H14BrN5O4/c19-12-3-6-16(28-9-11-1-4-13(5-2-11)24(26)27)14(7-12)15-8-17(25)22-18-20-10-21-23(15)18/h1-7,10,15H,8-9H2,(H,20,21,22,25)/t15-/m0/s1. The van der Waals surface area contributed by atoms with Gasteiger partial charge in [0.2, 0.25) is 11.9 Å². The van der Waals surface area contributed by atoms with E-state index in [4.69, 9.17) is 4.74 Å². The van der Waals surface area contributed by atoms with E-state index in [9.17, 15) is 14.9 Å². The van der Waals surface area contributed by atoms with Crippen molar-refractivity contribution in [2.24, 2.45) is 0 Å². The van der Waals surface area contributed by atoms with Gasteiger partial charge in [-0.25, -0.2) is 4.68 Å². The Morgan fingerprint density at radius 3 is 2.82 bits per heavy atom. The van der Waals surface area contributed by atoms with Gasteiger partial charge < -0.3 is 4.74 Å². The minimum atomic E-state index is -0.443. The van der Waals surface area contributed by atoms with E-state index in [-0.39, 0.29) is 30.7 Å². The predicted octanol–water partition coefficient (Wildman–Crippen LogP) is 3.46. The molecule has 0 radical (unpaired) electrons. The molecule has 3 aromatic rings. The van der Waals surface area contributed by atoms with E-state index in [1.165, 1.54) is 18.5 Å². The van der Waals surface area contributed by atoms with Gasteiger partial charge in [-0.05, 0) is 35.9 Å². The Labute approximate surface area is 167 Å². The number of nitrogens with zero attached hydrogens (tertiary/aromatic N) is 4. The molecule has 9 nitrogen and oxygen atoms in total. The summed E-state index contributed by atoms with van der Waals surface area (Å²) in [4.78, 5) is 26.5. The minimum absolute atomic E-state index is 0.0278. The van der Waals surface area contributed by atoms with Crippen LogP contribution >= 0.6 is 15.9 Å². The molecule has 1 N–H and O–H groups in total. The van der Waals surface area contributed by atoms with Gasteiger partial charge in [0.1, 0.15) is 18.7 Å². The molecule has 0 fully saturated rings. The number of hydrogen-bond donors (Lipinski definition) is 1. The van der Waals surface area contributed by atoms with E-state index in [1.807, 2.05) is 18.2 Å². The third-order valence-electron chi connectivity index (χ3n) is 4.37. The zero-order chi connectivity index (χ0) is 19.7. The number of rotatable bonds is 5. The molecule has 1 amide bonds. The monoisotopic (exact) mass is 443 g/mol. The Balaban J connectivity index is 1.61. The van der Waals surface area contributed by atoms with Gasteiger partial charge in [0.25, 0.3) is 5.69 Å². The van der Waals surface area contributed by atoms with Crippen LogP contribution in [-0.2, 0) is 11.4 Å². The van der Waals surface area contributed by atoms with Crippen molar-refractivity contribution >= 4 is 33.5 Å². The van der Waals surface area contributed by atoms with E-state index in [0.29, 0.717) is 11.7 Å². The van der Waals surface area contributed by atoms with Gasteiger partial charge in [-0.15, -0.1) is 0 Å². The first-order valence-corrected chi connectivity index (χ1v) is 9.15. The lowest BCUT2D eigenvalue weighted by Gasteiger charge is -2.25. The second-order valence-corrected chi connectivity index (χ2v) is 7.11. The number of hydrogen-bond acceptors (Lipinski definition) is 6. The molecule has 2 aromatic carbocycles. The largest absolute Gasteiger partial charge is 0.489 e. The van der Waals surface area contributed by atoms with E-state index in [1.54, 1.807) is 16.8 Å². The lowest BCUT2D eigenvalue weighted by Crippen LogP contribution is -2.29. The Bertz CT molecular complexity index is 1050. The highest BCUT2D eigenvalue weighted by molar-refractivity contribution is 9.10. The fourth-order valence-corrected chi connectivity index (χ4v) is 3.41. The first kappa shape index (κ1) is 18.1. The molecule has 0 spiro atoms. The summed E-state index contributed by atoms with van der Waals surface area (Å²) in [6, 6.07) is 11.4. The smallest absolute Gasteiger partial charge is 0.269 e. The first-order chi connectivity index (χ1) is 13.5. The first-order valence-electron chi connectivity index (χ1n) is 8.36. The third kappa shape index (κ3) is 3.58. The van der Waals surface area contributed by atoms with E-state index >= 15 is 0 Å². The number of carbonyl (C=O) groups is 1. The van der Waals surface area contributed by atoms with Crippen molar-refractivity contribution in [3.8, 4) is 5.75 Å². The summed E-state index contributed by atoms with van der Waals surface area (Å²) in [7, 11) is 0. The molecule has 1 aromatic heterocycles. The quantitative estimate of drug-likeness (QED) is 0.477. The predicted molar refractivity (Wildman–Crippen MR) is 103 cm³/mol. The lowest BCUT2D eigenvalue weighted by atomic mass is 10.0. The van der Waals surface area contributed by atoms with Gasteiger partial charge in [-0.3, -0.25) is 20.2 Å². The highest BCUT2D eigenvalue weighted by Crippen LogP contribution is 2.36. The Kier molecular flexibility index (Phi) is 4.78. The van der Waals surface area contributed by atoms with Crippen LogP contribution in [0.5, 0.6) is 5.75 Å². The van der Waals surface area contributed by atoms with Crippen LogP contribution < -0.4 is 10.1 Å². The van der Waals surface area contributed by atoms with Crippen LogP contribution in [0.15, 0.2) is 53.3 Å². The molecule has 0 unspecified atom stereocenters. The van der Waals surface area contributed by atoms with E-state index in [0.717, 1.165) is 15.6 Å². The maximum absolute atomic E-state index is 12.1. The lowest BCUT2D eigenvalue weighted by molar-refractivity contribution is -0.384. The number of aromatic nitrogens is 3. The summed E-state index contributed by atoms with van der Waals surface area (Å²) in [5.41, 5.74) is 1.61. The molecule has 0 bridgehead atoms. The van der Waals surface area contributed by atoms with Gasteiger partial charge >= 0.3 is 0 Å². The van der Waals surface area contributed by atoms with Crippen molar-refractivity contribution in [2.45, 2.75) is 19.1 Å². The topological polar surface area (TPSA) is 112 Å². The Hall–Kier alpha value is -3.27. The SMILES string of the molecule is O=C1C[C@@H](c2cc(Br)ccc2OCc2ccc([N+](=O)[O-])cc2)n2ncnc2N1. The van der Waals surface area contributed by atoms with Gasteiger partial charge in [0, 0.05) is 22.2 Å². The zero-order valence-corrected chi connectivity index (χ0v) is 16.0. The zero-order valence-electron chi connectivity index (χ0n) is 14.4. The molecule has 0 aliphatic carbocycles. The van der Waals surface area contributed by atoms with Crippen LogP contribution in [0.2, 0.25) is 0 Å². The molecule has 0 saturated heterocycles. The summed E-state index contributed by atoms with van der Waals surface area (Å²) >= 11 is 3.46. The number of halogens is 1. The maximum Gasteiger partial charge on any atom is 0.269 e. The summed E-state index contributed by atoms with van der Waals surface area (Å²) < 4.78 is 8.47. The number of amides is 1. The maximum atomic E-state index is 12.1. The van der Waals surface area contributed by atoms with Gasteiger partial charge in [-0.1, -0.05) is 15.9 Å². The van der Waals surface area contributed by atoms with Crippen LogP contribution in [-0.4, -0.2) is 25.6 Å². The fraction of sp³-hybridized carbons (Fsp3) is 0.167. The Morgan fingerprint density at radius 2 is 2.07 bits per heavy atom. The highest BCUT2D eigenvalue weighted by Gasteiger charge is 2.30. The van der Waals surface area contributed by atoms with E-state index in [2.05, 4.69) is 31.3 Å². The molecule has 1 atom stereocenters. The highest BCUT2D eigenvalue weighted by atomic mass is 79.9. The van der Waals surface area contributed by atoms with Crippen LogP contribution in [0.3, 0.4) is 0 Å². The van der Waals surface area contributed by atoms with Crippen molar-refractivity contribution in [2.75, 3.05) is 5.32 Å². The number of fused-ring (bicyclic) bond motifs is 1. The van der Waals surface area contributed by atoms with Crippen LogP contribution in [0.4, 0.5) is 11.6 Å². The van der Waals surface area contributed by atoms with Crippen molar-refractivity contribution in [3.05, 3.63) is 74.5 Å². The number of nitrogens with one attached hydrogen (secondary N) is 1.